The summed E-state index contributed by atoms with van der Waals surface area (Å²) in [6, 6.07) is 0.0613. The number of ether oxygens (including phenoxy) is 1. The predicted octanol–water partition coefficient (Wildman–Crippen LogP) is 1.98. The lowest BCUT2D eigenvalue weighted by Gasteiger charge is -2.25. The number of nitrogens with one attached hydrogen (secondary N) is 1. The minimum atomic E-state index is -2.89. The van der Waals surface area contributed by atoms with E-state index in [1.54, 1.807) is 4.68 Å². The van der Waals surface area contributed by atoms with Crippen LogP contribution in [0, 0.1) is 3.95 Å². The molecular formula is C14H26N4O3S3. The third kappa shape index (κ3) is 5.76. The van der Waals surface area contributed by atoms with Gasteiger partial charge in [-0.15, -0.1) is 5.10 Å². The summed E-state index contributed by atoms with van der Waals surface area (Å²) in [5, 5.41) is 8.57. The van der Waals surface area contributed by atoms with Crippen LogP contribution >= 0.6 is 23.6 Å². The summed E-state index contributed by atoms with van der Waals surface area (Å²) < 4.78 is 31.2. The van der Waals surface area contributed by atoms with Gasteiger partial charge in [0.2, 0.25) is 5.13 Å². The van der Waals surface area contributed by atoms with E-state index < -0.39 is 9.84 Å². The summed E-state index contributed by atoms with van der Waals surface area (Å²) in [4.78, 5) is 2.14. The largest absolute Gasteiger partial charge is 0.382 e. The second-order valence-corrected chi connectivity index (χ2v) is 9.60. The van der Waals surface area contributed by atoms with Crippen LogP contribution < -0.4 is 5.32 Å². The summed E-state index contributed by atoms with van der Waals surface area (Å²) in [6.07, 6.45) is 1.61. The Balaban J connectivity index is 1.90. The van der Waals surface area contributed by atoms with Crippen molar-refractivity contribution < 1.29 is 13.2 Å². The van der Waals surface area contributed by atoms with E-state index in [-0.39, 0.29) is 17.5 Å². The van der Waals surface area contributed by atoms with E-state index in [0.29, 0.717) is 17.0 Å². The molecule has 2 rings (SSSR count). The fourth-order valence-corrected chi connectivity index (χ4v) is 5.47. The number of hydrogen-bond donors (Lipinski definition) is 1. The zero-order chi connectivity index (χ0) is 17.6. The highest BCUT2D eigenvalue weighted by Gasteiger charge is 2.31. The van der Waals surface area contributed by atoms with Gasteiger partial charge in [0, 0.05) is 25.8 Å². The van der Waals surface area contributed by atoms with Crippen LogP contribution in [0.2, 0.25) is 0 Å². The van der Waals surface area contributed by atoms with Crippen LogP contribution in [0.1, 0.15) is 26.7 Å². The Kier molecular flexibility index (Phi) is 7.60. The summed E-state index contributed by atoms with van der Waals surface area (Å²) in [6.45, 7) is 7.58. The minimum Gasteiger partial charge on any atom is -0.382 e. The van der Waals surface area contributed by atoms with E-state index in [0.717, 1.165) is 37.9 Å². The van der Waals surface area contributed by atoms with Gasteiger partial charge < -0.3 is 10.1 Å². The zero-order valence-corrected chi connectivity index (χ0v) is 16.7. The van der Waals surface area contributed by atoms with Crippen LogP contribution in [0.15, 0.2) is 0 Å². The lowest BCUT2D eigenvalue weighted by molar-refractivity contribution is 0.147. The SMILES string of the molecule is CCOCCCNc1nn(CN(CC)[C@@H]2CCS(=O)(=O)C2)c(=S)s1. The van der Waals surface area contributed by atoms with Crippen molar-refractivity contribution in [3.8, 4) is 0 Å². The quantitative estimate of drug-likeness (QED) is 0.480. The molecule has 1 atom stereocenters. The van der Waals surface area contributed by atoms with Crippen LogP contribution in [-0.2, 0) is 21.2 Å². The summed E-state index contributed by atoms with van der Waals surface area (Å²) in [5.41, 5.74) is 0. The molecule has 0 spiro atoms. The standard InChI is InChI=1S/C14H26N4O3S3/c1-3-17(12-6-9-24(19,20)10-12)11-18-14(22)23-13(16-18)15-7-5-8-21-4-2/h12H,3-11H2,1-2H3,(H,15,16)/t12-/m1/s1. The third-order valence-corrected chi connectivity index (χ3v) is 7.01. The number of anilines is 1. The Morgan fingerprint density at radius 2 is 2.29 bits per heavy atom. The number of sulfone groups is 1. The van der Waals surface area contributed by atoms with E-state index in [4.69, 9.17) is 17.0 Å². The second-order valence-electron chi connectivity index (χ2n) is 5.75. The Morgan fingerprint density at radius 3 is 2.92 bits per heavy atom. The lowest BCUT2D eigenvalue weighted by Crippen LogP contribution is -2.37. The zero-order valence-electron chi connectivity index (χ0n) is 14.2. The average molecular weight is 395 g/mol. The molecule has 1 aromatic heterocycles. The highest BCUT2D eigenvalue weighted by atomic mass is 32.2. The molecule has 10 heteroatoms. The van der Waals surface area contributed by atoms with Crippen molar-refractivity contribution in [2.75, 3.05) is 43.1 Å². The molecule has 0 amide bonds. The molecular weight excluding hydrogens is 368 g/mol. The first-order chi connectivity index (χ1) is 11.4. The maximum atomic E-state index is 11.7. The van der Waals surface area contributed by atoms with Gasteiger partial charge in [-0.1, -0.05) is 18.3 Å². The highest BCUT2D eigenvalue weighted by molar-refractivity contribution is 7.91. The molecule has 1 aromatic rings. The van der Waals surface area contributed by atoms with Crippen LogP contribution in [0.3, 0.4) is 0 Å². The predicted molar refractivity (Wildman–Crippen MR) is 100.0 cm³/mol. The van der Waals surface area contributed by atoms with Gasteiger partial charge in [-0.25, -0.2) is 13.1 Å². The van der Waals surface area contributed by atoms with Crippen LogP contribution in [0.25, 0.3) is 0 Å². The smallest absolute Gasteiger partial charge is 0.204 e. The van der Waals surface area contributed by atoms with Gasteiger partial charge >= 0.3 is 0 Å². The van der Waals surface area contributed by atoms with E-state index in [1.165, 1.54) is 11.3 Å². The molecule has 0 bridgehead atoms. The van der Waals surface area contributed by atoms with Gasteiger partial charge in [0.1, 0.15) is 0 Å². The summed E-state index contributed by atoms with van der Waals surface area (Å²) >= 11 is 6.83. The fourth-order valence-electron chi connectivity index (χ4n) is 2.69. The monoisotopic (exact) mass is 394 g/mol. The molecule has 1 aliphatic rings. The van der Waals surface area contributed by atoms with Crippen molar-refractivity contribution >= 4 is 38.5 Å². The summed E-state index contributed by atoms with van der Waals surface area (Å²) in [7, 11) is -2.89. The first kappa shape index (κ1) is 19.8. The summed E-state index contributed by atoms with van der Waals surface area (Å²) in [5.74, 6) is 0.518. The Morgan fingerprint density at radius 1 is 1.50 bits per heavy atom. The molecule has 7 nitrogen and oxygen atoms in total. The number of aromatic nitrogens is 2. The molecule has 0 unspecified atom stereocenters. The van der Waals surface area contributed by atoms with E-state index in [1.807, 2.05) is 13.8 Å². The molecule has 1 saturated heterocycles. The van der Waals surface area contributed by atoms with Gasteiger partial charge in [-0.2, -0.15) is 0 Å². The Labute approximate surface area is 152 Å². The molecule has 138 valence electrons. The minimum absolute atomic E-state index is 0.0613. The number of nitrogens with zero attached hydrogens (tertiary/aromatic N) is 3. The molecule has 0 saturated carbocycles. The maximum Gasteiger partial charge on any atom is 0.204 e. The number of hydrogen-bond acceptors (Lipinski definition) is 8. The fraction of sp³-hybridized carbons (Fsp3) is 0.857. The molecule has 1 aliphatic heterocycles. The van der Waals surface area contributed by atoms with Gasteiger partial charge in [-0.3, -0.25) is 4.90 Å². The molecule has 24 heavy (non-hydrogen) atoms. The number of rotatable bonds is 10. The molecule has 1 fully saturated rings. The normalized spacial score (nSPS) is 19.9. The molecule has 0 radical (unpaired) electrons. The Bertz CT molecular complexity index is 671. The highest BCUT2D eigenvalue weighted by Crippen LogP contribution is 2.20. The van der Waals surface area contributed by atoms with Crippen LogP contribution in [0.5, 0.6) is 0 Å². The third-order valence-electron chi connectivity index (χ3n) is 4.00. The Hall–Kier alpha value is -0.550. The first-order valence-corrected chi connectivity index (χ1v) is 11.3. The van der Waals surface area contributed by atoms with Gasteiger partial charge in [0.05, 0.1) is 18.2 Å². The van der Waals surface area contributed by atoms with Crippen LogP contribution in [-0.4, -0.2) is 66.9 Å². The van der Waals surface area contributed by atoms with Crippen molar-refractivity contribution in [2.45, 2.75) is 39.4 Å². The first-order valence-electron chi connectivity index (χ1n) is 8.29. The lowest BCUT2D eigenvalue weighted by atomic mass is 10.2. The maximum absolute atomic E-state index is 11.7. The molecule has 2 heterocycles. The van der Waals surface area contributed by atoms with E-state index in [9.17, 15) is 8.42 Å². The van der Waals surface area contributed by atoms with Crippen molar-refractivity contribution in [3.05, 3.63) is 3.95 Å². The molecule has 1 N–H and O–H groups in total. The van der Waals surface area contributed by atoms with Crippen molar-refractivity contribution in [1.82, 2.24) is 14.7 Å². The van der Waals surface area contributed by atoms with Gasteiger partial charge in [0.25, 0.3) is 0 Å². The van der Waals surface area contributed by atoms with Gasteiger partial charge in [-0.05, 0) is 38.5 Å². The second kappa shape index (κ2) is 9.23. The van der Waals surface area contributed by atoms with Crippen molar-refractivity contribution in [3.63, 3.8) is 0 Å². The van der Waals surface area contributed by atoms with E-state index >= 15 is 0 Å². The van der Waals surface area contributed by atoms with Crippen molar-refractivity contribution in [2.24, 2.45) is 0 Å². The van der Waals surface area contributed by atoms with Gasteiger partial charge in [0.15, 0.2) is 13.8 Å². The average Bonchev–Trinajstić information content (AvgIpc) is 3.07. The van der Waals surface area contributed by atoms with Crippen LogP contribution in [0.4, 0.5) is 5.13 Å². The van der Waals surface area contributed by atoms with E-state index in [2.05, 4.69) is 15.3 Å². The molecule has 0 aromatic carbocycles. The van der Waals surface area contributed by atoms with Crippen molar-refractivity contribution in [1.29, 1.82) is 0 Å². The topological polar surface area (TPSA) is 76.5 Å². The molecule has 0 aliphatic carbocycles.